The van der Waals surface area contributed by atoms with Crippen LogP contribution in [0.15, 0.2) is 12.1 Å². The molecular formula is C12H14FNO3. The van der Waals surface area contributed by atoms with Gasteiger partial charge in [-0.15, -0.1) is 0 Å². The molecule has 0 spiro atoms. The molecule has 17 heavy (non-hydrogen) atoms. The van der Waals surface area contributed by atoms with E-state index < -0.39 is 23.6 Å². The number of hydrogen-bond donors (Lipinski definition) is 3. The lowest BCUT2D eigenvalue weighted by Crippen LogP contribution is -2.14. The van der Waals surface area contributed by atoms with Gasteiger partial charge in [-0.25, -0.2) is 9.18 Å². The minimum atomic E-state index is -1.29. The van der Waals surface area contributed by atoms with Crippen molar-refractivity contribution in [2.24, 2.45) is 11.7 Å². The molecule has 0 radical (unpaired) electrons. The highest BCUT2D eigenvalue weighted by Crippen LogP contribution is 2.40. The lowest BCUT2D eigenvalue weighted by molar-refractivity contribution is 0.0693. The average molecular weight is 239 g/mol. The van der Waals surface area contributed by atoms with Crippen molar-refractivity contribution in [3.05, 3.63) is 29.1 Å². The number of hydrogen-bond acceptors (Lipinski definition) is 3. The zero-order valence-corrected chi connectivity index (χ0v) is 9.19. The summed E-state index contributed by atoms with van der Waals surface area (Å²) in [6, 6.07) is 1.42. The molecule has 1 atom stereocenters. The summed E-state index contributed by atoms with van der Waals surface area (Å²) in [5.41, 5.74) is 5.42. The van der Waals surface area contributed by atoms with Crippen LogP contribution in [0.1, 0.15) is 41.2 Å². The van der Waals surface area contributed by atoms with Crippen molar-refractivity contribution < 1.29 is 19.4 Å². The number of phenols is 1. The van der Waals surface area contributed by atoms with Crippen molar-refractivity contribution >= 4 is 5.97 Å². The molecule has 92 valence electrons. The molecule has 0 saturated heterocycles. The van der Waals surface area contributed by atoms with Gasteiger partial charge >= 0.3 is 5.97 Å². The van der Waals surface area contributed by atoms with Crippen LogP contribution < -0.4 is 5.73 Å². The second kappa shape index (κ2) is 4.33. The van der Waals surface area contributed by atoms with Crippen LogP contribution >= 0.6 is 0 Å². The van der Waals surface area contributed by atoms with Gasteiger partial charge in [0.2, 0.25) is 0 Å². The van der Waals surface area contributed by atoms with Gasteiger partial charge in [-0.1, -0.05) is 12.8 Å². The fraction of sp³-hybridized carbons (Fsp3) is 0.417. The first-order valence-electron chi connectivity index (χ1n) is 5.51. The smallest absolute Gasteiger partial charge is 0.339 e. The Hall–Kier alpha value is -1.62. The molecule has 0 aliphatic heterocycles. The molecule has 1 aromatic carbocycles. The summed E-state index contributed by atoms with van der Waals surface area (Å²) in [5, 5.41) is 18.6. The quantitative estimate of drug-likeness (QED) is 0.750. The second-order valence-electron chi connectivity index (χ2n) is 4.45. The SMILES string of the molecule is N[C@H](CC1CC1)c1c(F)ccc(C(=O)O)c1O. The number of carboxylic acid groups (broad SMARTS) is 1. The van der Waals surface area contributed by atoms with Gasteiger partial charge in [-0.05, 0) is 24.5 Å². The number of aromatic carboxylic acids is 1. The standard InChI is InChI=1S/C12H14FNO3/c13-8-4-3-7(12(16)17)11(15)10(8)9(14)5-6-1-2-6/h3-4,6,9,15H,1-2,5,14H2,(H,16,17)/t9-/m1/s1. The predicted molar refractivity (Wildman–Crippen MR) is 59.3 cm³/mol. The molecule has 0 unspecified atom stereocenters. The van der Waals surface area contributed by atoms with Crippen LogP contribution in [0.2, 0.25) is 0 Å². The summed E-state index contributed by atoms with van der Waals surface area (Å²) >= 11 is 0. The molecule has 1 saturated carbocycles. The van der Waals surface area contributed by atoms with Crippen LogP contribution in [0.4, 0.5) is 4.39 Å². The zero-order chi connectivity index (χ0) is 12.6. The summed E-state index contributed by atoms with van der Waals surface area (Å²) in [5.74, 6) is -2.02. The fourth-order valence-corrected chi connectivity index (χ4v) is 1.94. The van der Waals surface area contributed by atoms with E-state index in [1.54, 1.807) is 0 Å². The molecule has 0 bridgehead atoms. The van der Waals surface area contributed by atoms with Crippen molar-refractivity contribution in [3.8, 4) is 5.75 Å². The van der Waals surface area contributed by atoms with Crippen LogP contribution in [0.25, 0.3) is 0 Å². The third kappa shape index (κ3) is 2.39. The van der Waals surface area contributed by atoms with Crippen LogP contribution in [0.5, 0.6) is 5.75 Å². The second-order valence-corrected chi connectivity index (χ2v) is 4.45. The molecule has 2 rings (SSSR count). The summed E-state index contributed by atoms with van der Waals surface area (Å²) in [4.78, 5) is 10.8. The normalized spacial score (nSPS) is 16.8. The van der Waals surface area contributed by atoms with E-state index >= 15 is 0 Å². The Labute approximate surface area is 97.9 Å². The van der Waals surface area contributed by atoms with Crippen LogP contribution in [-0.4, -0.2) is 16.2 Å². The predicted octanol–water partition coefficient (Wildman–Crippen LogP) is 2.03. The van der Waals surface area contributed by atoms with Crippen LogP contribution in [0, 0.1) is 11.7 Å². The van der Waals surface area contributed by atoms with Gasteiger partial charge < -0.3 is 15.9 Å². The van der Waals surface area contributed by atoms with Gasteiger partial charge in [0.15, 0.2) is 0 Å². The summed E-state index contributed by atoms with van der Waals surface area (Å²) < 4.78 is 13.6. The van der Waals surface area contributed by atoms with Crippen molar-refractivity contribution in [3.63, 3.8) is 0 Å². The first-order valence-corrected chi connectivity index (χ1v) is 5.51. The fourth-order valence-electron chi connectivity index (χ4n) is 1.94. The third-order valence-corrected chi connectivity index (χ3v) is 3.05. The molecule has 1 aliphatic carbocycles. The van der Waals surface area contributed by atoms with Gasteiger partial charge in [0.25, 0.3) is 0 Å². The lowest BCUT2D eigenvalue weighted by Gasteiger charge is -2.15. The molecule has 1 aromatic rings. The molecule has 1 aliphatic rings. The van der Waals surface area contributed by atoms with Gasteiger partial charge in [-0.3, -0.25) is 0 Å². The summed E-state index contributed by atoms with van der Waals surface area (Å²) in [7, 11) is 0. The number of halogens is 1. The first kappa shape index (κ1) is 11.9. The highest BCUT2D eigenvalue weighted by molar-refractivity contribution is 5.91. The Balaban J connectivity index is 2.35. The number of nitrogens with two attached hydrogens (primary N) is 1. The van der Waals surface area contributed by atoms with E-state index in [0.717, 1.165) is 25.0 Å². The Morgan fingerprint density at radius 3 is 2.71 bits per heavy atom. The average Bonchev–Trinajstić information content (AvgIpc) is 3.00. The topological polar surface area (TPSA) is 83.6 Å². The van der Waals surface area contributed by atoms with Crippen LogP contribution in [0.3, 0.4) is 0 Å². The minimum Gasteiger partial charge on any atom is -0.507 e. The highest BCUT2D eigenvalue weighted by Gasteiger charge is 2.28. The van der Waals surface area contributed by atoms with Gasteiger partial charge in [0.05, 0.1) is 0 Å². The largest absolute Gasteiger partial charge is 0.507 e. The summed E-state index contributed by atoms with van der Waals surface area (Å²) in [6.07, 6.45) is 2.71. The Morgan fingerprint density at radius 1 is 1.53 bits per heavy atom. The van der Waals surface area contributed by atoms with Crippen molar-refractivity contribution in [2.45, 2.75) is 25.3 Å². The monoisotopic (exact) mass is 239 g/mol. The van der Waals surface area contributed by atoms with Crippen molar-refractivity contribution in [1.82, 2.24) is 0 Å². The Kier molecular flexibility index (Phi) is 3.02. The molecular weight excluding hydrogens is 225 g/mol. The van der Waals surface area contributed by atoms with E-state index in [0.29, 0.717) is 12.3 Å². The van der Waals surface area contributed by atoms with Gasteiger partial charge in [0.1, 0.15) is 17.1 Å². The molecule has 5 heteroatoms. The lowest BCUT2D eigenvalue weighted by atomic mass is 9.98. The van der Waals surface area contributed by atoms with Crippen molar-refractivity contribution in [1.29, 1.82) is 0 Å². The third-order valence-electron chi connectivity index (χ3n) is 3.05. The number of rotatable bonds is 4. The number of carbonyl (C=O) groups is 1. The Morgan fingerprint density at radius 2 is 2.18 bits per heavy atom. The Bertz CT molecular complexity index is 457. The highest BCUT2D eigenvalue weighted by atomic mass is 19.1. The van der Waals surface area contributed by atoms with Crippen LogP contribution in [-0.2, 0) is 0 Å². The van der Waals surface area contributed by atoms with Gasteiger partial charge in [-0.2, -0.15) is 0 Å². The van der Waals surface area contributed by atoms with E-state index in [1.807, 2.05) is 0 Å². The number of aromatic hydroxyl groups is 1. The maximum atomic E-state index is 13.6. The number of benzene rings is 1. The first-order chi connectivity index (χ1) is 8.00. The van der Waals surface area contributed by atoms with E-state index in [2.05, 4.69) is 0 Å². The minimum absolute atomic E-state index is 0.0863. The van der Waals surface area contributed by atoms with E-state index in [4.69, 9.17) is 10.8 Å². The maximum Gasteiger partial charge on any atom is 0.339 e. The molecule has 0 heterocycles. The number of carboxylic acids is 1. The molecule has 4 nitrogen and oxygen atoms in total. The van der Waals surface area contributed by atoms with E-state index in [1.165, 1.54) is 0 Å². The molecule has 0 aromatic heterocycles. The molecule has 0 amide bonds. The molecule has 4 N–H and O–H groups in total. The maximum absolute atomic E-state index is 13.6. The van der Waals surface area contributed by atoms with Gasteiger partial charge in [0, 0.05) is 11.6 Å². The zero-order valence-electron chi connectivity index (χ0n) is 9.19. The van der Waals surface area contributed by atoms with Crippen molar-refractivity contribution in [2.75, 3.05) is 0 Å². The van der Waals surface area contributed by atoms with E-state index in [-0.39, 0.29) is 11.1 Å². The van der Waals surface area contributed by atoms with E-state index in [9.17, 15) is 14.3 Å². The molecule has 1 fully saturated rings. The summed E-state index contributed by atoms with van der Waals surface area (Å²) in [6.45, 7) is 0.